The quantitative estimate of drug-likeness (QED) is 0.583. The first kappa shape index (κ1) is 19.4. The number of rotatable bonds is 6. The molecule has 1 aromatic heterocycles. The van der Waals surface area contributed by atoms with Gasteiger partial charge in [0.25, 0.3) is 5.91 Å². The van der Waals surface area contributed by atoms with E-state index in [1.54, 1.807) is 17.0 Å². The second-order valence-electron chi connectivity index (χ2n) is 7.62. The highest BCUT2D eigenvalue weighted by Crippen LogP contribution is 2.19. The number of piperidine rings is 1. The molecule has 1 atom stereocenters. The van der Waals surface area contributed by atoms with Crippen molar-refractivity contribution in [3.63, 3.8) is 0 Å². The van der Waals surface area contributed by atoms with Crippen LogP contribution in [0.4, 0.5) is 0 Å². The molecule has 0 N–H and O–H groups in total. The molecule has 0 bridgehead atoms. The number of hydrogen-bond donors (Lipinski definition) is 0. The highest BCUT2D eigenvalue weighted by Gasteiger charge is 2.23. The number of carbonyl (C=O) groups excluding carboxylic acids is 1. The summed E-state index contributed by atoms with van der Waals surface area (Å²) in [5, 5.41) is 11.1. The van der Waals surface area contributed by atoms with Gasteiger partial charge >= 0.3 is 0 Å². The maximum absolute atomic E-state index is 12.6. The van der Waals surface area contributed by atoms with Crippen molar-refractivity contribution >= 4 is 5.91 Å². The van der Waals surface area contributed by atoms with Crippen molar-refractivity contribution in [1.29, 1.82) is 0 Å². The average molecular weight is 367 g/mol. The minimum atomic E-state index is -0.0207. The Labute approximate surface area is 161 Å². The Balaban J connectivity index is 1.51. The lowest BCUT2D eigenvalue weighted by atomic mass is 9.96. The van der Waals surface area contributed by atoms with Crippen molar-refractivity contribution < 1.29 is 9.52 Å². The SMILES string of the molecule is Cc1ccccc1CCN1CCC[C@H](CN(C)C(=O)c2cc[n+]([O-])cc2)C1. The molecule has 2 aromatic rings. The van der Waals surface area contributed by atoms with Crippen molar-refractivity contribution in [3.8, 4) is 0 Å². The minimum absolute atomic E-state index is 0.0207. The van der Waals surface area contributed by atoms with Gasteiger partial charge in [0.1, 0.15) is 0 Å². The zero-order chi connectivity index (χ0) is 19.2. The number of likely N-dealkylation sites (tertiary alicyclic amines) is 1. The summed E-state index contributed by atoms with van der Waals surface area (Å²) < 4.78 is 0.699. The summed E-state index contributed by atoms with van der Waals surface area (Å²) in [5.41, 5.74) is 3.35. The highest BCUT2D eigenvalue weighted by atomic mass is 16.5. The molecule has 1 amide bonds. The first-order chi connectivity index (χ1) is 13.0. The second-order valence-corrected chi connectivity index (χ2v) is 7.62. The smallest absolute Gasteiger partial charge is 0.254 e. The molecule has 144 valence electrons. The van der Waals surface area contributed by atoms with Crippen molar-refractivity contribution in [1.82, 2.24) is 9.80 Å². The molecular formula is C22H29N3O2. The predicted octanol–water partition coefficient (Wildman–Crippen LogP) is 2.66. The lowest BCUT2D eigenvalue weighted by Gasteiger charge is -2.34. The molecule has 5 nitrogen and oxygen atoms in total. The number of aryl methyl sites for hydroxylation is 1. The molecule has 1 aliphatic heterocycles. The summed E-state index contributed by atoms with van der Waals surface area (Å²) in [7, 11) is 1.85. The van der Waals surface area contributed by atoms with E-state index in [2.05, 4.69) is 36.1 Å². The molecule has 5 heteroatoms. The van der Waals surface area contributed by atoms with E-state index < -0.39 is 0 Å². The summed E-state index contributed by atoms with van der Waals surface area (Å²) in [5.74, 6) is 0.477. The average Bonchev–Trinajstić information content (AvgIpc) is 2.68. The zero-order valence-electron chi connectivity index (χ0n) is 16.3. The van der Waals surface area contributed by atoms with Gasteiger partial charge in [0.15, 0.2) is 12.4 Å². The van der Waals surface area contributed by atoms with E-state index in [4.69, 9.17) is 0 Å². The number of pyridine rings is 1. The molecule has 1 aliphatic rings. The Morgan fingerprint density at radius 1 is 1.26 bits per heavy atom. The first-order valence-corrected chi connectivity index (χ1v) is 9.74. The Hall–Kier alpha value is -2.40. The number of nitrogens with zero attached hydrogens (tertiary/aromatic N) is 3. The lowest BCUT2D eigenvalue weighted by Crippen LogP contribution is -2.42. The van der Waals surface area contributed by atoms with Crippen LogP contribution in [0, 0.1) is 18.0 Å². The summed E-state index contributed by atoms with van der Waals surface area (Å²) in [6, 6.07) is 11.8. The van der Waals surface area contributed by atoms with Crippen molar-refractivity contribution in [2.75, 3.05) is 33.2 Å². The second kappa shape index (κ2) is 9.00. The number of aromatic nitrogens is 1. The van der Waals surface area contributed by atoms with Gasteiger partial charge in [-0.25, -0.2) is 0 Å². The lowest BCUT2D eigenvalue weighted by molar-refractivity contribution is -0.605. The summed E-state index contributed by atoms with van der Waals surface area (Å²) in [6.45, 7) is 6.18. The summed E-state index contributed by atoms with van der Waals surface area (Å²) in [6.07, 6.45) is 6.16. The van der Waals surface area contributed by atoms with Crippen LogP contribution in [0.3, 0.4) is 0 Å². The fourth-order valence-electron chi connectivity index (χ4n) is 3.92. The van der Waals surface area contributed by atoms with E-state index >= 15 is 0 Å². The van der Waals surface area contributed by atoms with Gasteiger partial charge < -0.3 is 15.0 Å². The molecule has 0 spiro atoms. The summed E-state index contributed by atoms with van der Waals surface area (Å²) >= 11 is 0. The molecule has 0 aliphatic carbocycles. The molecule has 0 radical (unpaired) electrons. The van der Waals surface area contributed by atoms with E-state index in [0.717, 1.165) is 39.0 Å². The first-order valence-electron chi connectivity index (χ1n) is 9.74. The van der Waals surface area contributed by atoms with Gasteiger partial charge in [0.05, 0.1) is 5.56 Å². The van der Waals surface area contributed by atoms with E-state index in [0.29, 0.717) is 16.2 Å². The van der Waals surface area contributed by atoms with Gasteiger partial charge in [-0.05, 0) is 49.8 Å². The Morgan fingerprint density at radius 2 is 2.00 bits per heavy atom. The topological polar surface area (TPSA) is 50.5 Å². The van der Waals surface area contributed by atoms with Crippen LogP contribution >= 0.6 is 0 Å². The molecular weight excluding hydrogens is 338 g/mol. The Kier molecular flexibility index (Phi) is 6.45. The fourth-order valence-corrected chi connectivity index (χ4v) is 3.92. The third-order valence-electron chi connectivity index (χ3n) is 5.49. The van der Waals surface area contributed by atoms with Crippen LogP contribution in [-0.2, 0) is 6.42 Å². The van der Waals surface area contributed by atoms with Gasteiger partial charge in [-0.2, -0.15) is 4.73 Å². The monoisotopic (exact) mass is 367 g/mol. The molecule has 2 heterocycles. The molecule has 1 fully saturated rings. The van der Waals surface area contributed by atoms with Crippen molar-refractivity contribution in [2.24, 2.45) is 5.92 Å². The van der Waals surface area contributed by atoms with Crippen LogP contribution in [0.1, 0.15) is 34.3 Å². The number of benzene rings is 1. The Bertz CT molecular complexity index is 760. The van der Waals surface area contributed by atoms with E-state index in [1.807, 2.05) is 7.05 Å². The van der Waals surface area contributed by atoms with Crippen molar-refractivity contribution in [3.05, 3.63) is 70.7 Å². The van der Waals surface area contributed by atoms with Crippen LogP contribution in [0.5, 0.6) is 0 Å². The number of hydrogen-bond acceptors (Lipinski definition) is 3. The largest absolute Gasteiger partial charge is 0.619 e. The fraction of sp³-hybridized carbons (Fsp3) is 0.455. The van der Waals surface area contributed by atoms with Gasteiger partial charge in [0.2, 0.25) is 0 Å². The molecule has 27 heavy (non-hydrogen) atoms. The predicted molar refractivity (Wildman–Crippen MR) is 106 cm³/mol. The normalized spacial score (nSPS) is 17.6. The summed E-state index contributed by atoms with van der Waals surface area (Å²) in [4.78, 5) is 16.9. The van der Waals surface area contributed by atoms with Gasteiger partial charge in [-0.1, -0.05) is 24.3 Å². The van der Waals surface area contributed by atoms with Crippen molar-refractivity contribution in [2.45, 2.75) is 26.2 Å². The van der Waals surface area contributed by atoms with Gasteiger partial charge in [-0.15, -0.1) is 0 Å². The van der Waals surface area contributed by atoms with Crippen LogP contribution in [-0.4, -0.2) is 48.9 Å². The molecule has 0 unspecified atom stereocenters. The number of amides is 1. The maximum atomic E-state index is 12.6. The minimum Gasteiger partial charge on any atom is -0.619 e. The third kappa shape index (κ3) is 5.30. The third-order valence-corrected chi connectivity index (χ3v) is 5.49. The molecule has 3 rings (SSSR count). The van der Waals surface area contributed by atoms with E-state index in [9.17, 15) is 10.0 Å². The van der Waals surface area contributed by atoms with E-state index in [-0.39, 0.29) is 5.91 Å². The van der Waals surface area contributed by atoms with E-state index in [1.165, 1.54) is 29.9 Å². The molecule has 0 saturated carbocycles. The number of carbonyl (C=O) groups is 1. The zero-order valence-corrected chi connectivity index (χ0v) is 16.3. The van der Waals surface area contributed by atoms with Crippen LogP contribution in [0.2, 0.25) is 0 Å². The Morgan fingerprint density at radius 3 is 2.74 bits per heavy atom. The van der Waals surface area contributed by atoms with Crippen LogP contribution < -0.4 is 4.73 Å². The maximum Gasteiger partial charge on any atom is 0.254 e. The molecule has 1 aromatic carbocycles. The van der Waals surface area contributed by atoms with Gasteiger partial charge in [-0.3, -0.25) is 4.79 Å². The van der Waals surface area contributed by atoms with Crippen LogP contribution in [0.15, 0.2) is 48.8 Å². The van der Waals surface area contributed by atoms with Gasteiger partial charge in [0, 0.05) is 38.8 Å². The molecule has 1 saturated heterocycles. The highest BCUT2D eigenvalue weighted by molar-refractivity contribution is 5.93. The van der Waals surface area contributed by atoms with Crippen LogP contribution in [0.25, 0.3) is 0 Å². The standard InChI is InChI=1S/C22H29N3O2/c1-18-6-3-4-8-20(18)9-13-24-12-5-7-19(17-24)16-23(2)22(26)21-10-14-25(27)15-11-21/h3-4,6,8,10-11,14-15,19H,5,7,9,12-13,16-17H2,1-2H3/t19-/m1/s1.